The average molecular weight is 270 g/mol. The van der Waals surface area contributed by atoms with E-state index in [1.54, 1.807) is 0 Å². The minimum atomic E-state index is -1.19. The molecule has 0 aliphatic rings. The van der Waals surface area contributed by atoms with Crippen LogP contribution >= 0.6 is 0 Å². The Morgan fingerprint density at radius 1 is 1.00 bits per heavy atom. The fourth-order valence-corrected chi connectivity index (χ4v) is 4.04. The zero-order chi connectivity index (χ0) is 14.8. The van der Waals surface area contributed by atoms with Crippen molar-refractivity contribution >= 4 is 8.07 Å². The molecular formula is C16H35NSi. The lowest BCUT2D eigenvalue weighted by atomic mass is 9.96. The Labute approximate surface area is 117 Å². The molecule has 0 amide bonds. The summed E-state index contributed by atoms with van der Waals surface area (Å²) in [5, 5.41) is 1.43. The summed E-state index contributed by atoms with van der Waals surface area (Å²) in [6, 6.07) is 1.35. The molecule has 0 unspecified atom stereocenters. The van der Waals surface area contributed by atoms with Crippen LogP contribution in [0.25, 0.3) is 0 Å². The molecule has 0 N–H and O–H groups in total. The van der Waals surface area contributed by atoms with E-state index >= 15 is 0 Å². The first-order valence-electron chi connectivity index (χ1n) is 7.22. The second-order valence-electron chi connectivity index (χ2n) is 8.26. The lowest BCUT2D eigenvalue weighted by molar-refractivity contribution is 0.0386. The minimum absolute atomic E-state index is 0.243. The van der Waals surface area contributed by atoms with E-state index in [4.69, 9.17) is 0 Å². The fourth-order valence-electron chi connectivity index (χ4n) is 2.57. The highest BCUT2D eigenvalue weighted by Crippen LogP contribution is 2.27. The van der Waals surface area contributed by atoms with Crippen molar-refractivity contribution in [3.8, 4) is 0 Å². The van der Waals surface area contributed by atoms with Gasteiger partial charge in [0.15, 0.2) is 0 Å². The molecule has 18 heavy (non-hydrogen) atoms. The first-order chi connectivity index (χ1) is 7.78. The molecule has 0 aromatic rings. The van der Waals surface area contributed by atoms with Crippen LogP contribution < -0.4 is 0 Å². The van der Waals surface area contributed by atoms with Crippen molar-refractivity contribution in [2.75, 3.05) is 6.54 Å². The summed E-state index contributed by atoms with van der Waals surface area (Å²) in [6.45, 7) is 26.4. The minimum Gasteiger partial charge on any atom is -0.294 e. The van der Waals surface area contributed by atoms with E-state index < -0.39 is 8.07 Å². The maximum atomic E-state index is 4.17. The predicted molar refractivity (Wildman–Crippen MR) is 87.9 cm³/mol. The summed E-state index contributed by atoms with van der Waals surface area (Å²) in [4.78, 5) is 2.63. The van der Waals surface area contributed by atoms with Crippen molar-refractivity contribution in [1.29, 1.82) is 0 Å². The number of nitrogens with zero attached hydrogens (tertiary/aromatic N) is 1. The van der Waals surface area contributed by atoms with E-state index in [9.17, 15) is 0 Å². The van der Waals surface area contributed by atoms with Gasteiger partial charge in [-0.2, -0.15) is 0 Å². The van der Waals surface area contributed by atoms with Crippen LogP contribution in [-0.4, -0.2) is 30.6 Å². The van der Waals surface area contributed by atoms with E-state index in [1.807, 2.05) is 0 Å². The molecule has 0 radical (unpaired) electrons. The molecule has 0 rings (SSSR count). The van der Waals surface area contributed by atoms with Gasteiger partial charge in [0.25, 0.3) is 0 Å². The van der Waals surface area contributed by atoms with Crippen molar-refractivity contribution in [3.63, 3.8) is 0 Å². The lowest BCUT2D eigenvalue weighted by Gasteiger charge is -2.46. The maximum absolute atomic E-state index is 4.17. The topological polar surface area (TPSA) is 3.24 Å². The summed E-state index contributed by atoms with van der Waals surface area (Å²) >= 11 is 0. The normalized spacial score (nSPS) is 14.1. The van der Waals surface area contributed by atoms with Gasteiger partial charge < -0.3 is 0 Å². The first kappa shape index (κ1) is 17.9. The highest BCUT2D eigenvalue weighted by molar-refractivity contribution is 6.84. The van der Waals surface area contributed by atoms with E-state index in [0.717, 1.165) is 0 Å². The standard InChI is InChI=1S/C16H35NSi/c1-14(2)18(9,10)13-11-12-17(15(3,4)5)16(6,7)8/h1,11-13H2,2-10H3. The van der Waals surface area contributed by atoms with E-state index in [2.05, 4.69) is 73.0 Å². The Morgan fingerprint density at radius 3 is 1.67 bits per heavy atom. The van der Waals surface area contributed by atoms with E-state index in [0.29, 0.717) is 0 Å². The largest absolute Gasteiger partial charge is 0.294 e. The van der Waals surface area contributed by atoms with Crippen LogP contribution in [0.4, 0.5) is 0 Å². The molecule has 0 bridgehead atoms. The van der Waals surface area contributed by atoms with Crippen molar-refractivity contribution in [3.05, 3.63) is 11.8 Å². The third-order valence-electron chi connectivity index (χ3n) is 3.96. The lowest BCUT2D eigenvalue weighted by Crippen LogP contribution is -2.53. The van der Waals surface area contributed by atoms with Crippen LogP contribution in [0, 0.1) is 0 Å². The quantitative estimate of drug-likeness (QED) is 0.628. The van der Waals surface area contributed by atoms with Gasteiger partial charge in [-0.05, 0) is 61.4 Å². The summed E-state index contributed by atoms with van der Waals surface area (Å²) in [5.41, 5.74) is 0.486. The van der Waals surface area contributed by atoms with Crippen molar-refractivity contribution in [1.82, 2.24) is 4.90 Å². The van der Waals surface area contributed by atoms with Gasteiger partial charge in [-0.15, -0.1) is 6.58 Å². The molecule has 0 aromatic carbocycles. The van der Waals surface area contributed by atoms with Crippen LogP contribution in [0.3, 0.4) is 0 Å². The zero-order valence-electron chi connectivity index (χ0n) is 14.3. The molecule has 0 saturated carbocycles. The Hall–Kier alpha value is -0.0831. The van der Waals surface area contributed by atoms with Gasteiger partial charge in [-0.1, -0.05) is 24.3 Å². The predicted octanol–water partition coefficient (Wildman–Crippen LogP) is 5.10. The summed E-state index contributed by atoms with van der Waals surface area (Å²) in [5.74, 6) is 0. The summed E-state index contributed by atoms with van der Waals surface area (Å²) in [7, 11) is -1.19. The molecular weight excluding hydrogens is 234 g/mol. The smallest absolute Gasteiger partial charge is 0.0743 e. The van der Waals surface area contributed by atoms with Crippen molar-refractivity contribution < 1.29 is 0 Å². The highest BCUT2D eigenvalue weighted by Gasteiger charge is 2.31. The fraction of sp³-hybridized carbons (Fsp3) is 0.875. The van der Waals surface area contributed by atoms with Gasteiger partial charge in [-0.3, -0.25) is 4.90 Å². The third kappa shape index (κ3) is 5.70. The molecule has 0 aliphatic heterocycles. The molecule has 0 aliphatic carbocycles. The monoisotopic (exact) mass is 269 g/mol. The second kappa shape index (κ2) is 5.92. The Kier molecular flexibility index (Phi) is 5.89. The average Bonchev–Trinajstić information content (AvgIpc) is 2.07. The molecule has 0 spiro atoms. The zero-order valence-corrected chi connectivity index (χ0v) is 15.3. The SMILES string of the molecule is C=C(C)[Si](C)(C)CCCN(C(C)(C)C)C(C)(C)C. The molecule has 1 nitrogen and oxygen atoms in total. The van der Waals surface area contributed by atoms with Gasteiger partial charge in [0, 0.05) is 11.1 Å². The number of hydrogen-bond acceptors (Lipinski definition) is 1. The molecule has 0 atom stereocenters. The molecule has 0 aromatic heterocycles. The second-order valence-corrected chi connectivity index (χ2v) is 13.4. The number of rotatable bonds is 5. The number of hydrogen-bond donors (Lipinski definition) is 0. The molecule has 0 saturated heterocycles. The number of allylic oxidation sites excluding steroid dienone is 1. The first-order valence-corrected chi connectivity index (χ1v) is 10.4. The summed E-state index contributed by atoms with van der Waals surface area (Å²) in [6.07, 6.45) is 1.29. The van der Waals surface area contributed by atoms with Crippen LogP contribution in [0.2, 0.25) is 19.1 Å². The van der Waals surface area contributed by atoms with Crippen molar-refractivity contribution in [2.45, 2.75) is 85.1 Å². The van der Waals surface area contributed by atoms with Gasteiger partial charge >= 0.3 is 0 Å². The highest BCUT2D eigenvalue weighted by atomic mass is 28.3. The summed E-state index contributed by atoms with van der Waals surface area (Å²) < 4.78 is 0. The van der Waals surface area contributed by atoms with Crippen LogP contribution in [-0.2, 0) is 0 Å². The molecule has 108 valence electrons. The van der Waals surface area contributed by atoms with Crippen LogP contribution in [0.5, 0.6) is 0 Å². The maximum Gasteiger partial charge on any atom is 0.0743 e. The third-order valence-corrected chi connectivity index (χ3v) is 7.87. The molecule has 0 fully saturated rings. The molecule has 2 heteroatoms. The Bertz CT molecular complexity index is 264. The van der Waals surface area contributed by atoms with Gasteiger partial charge in [0.2, 0.25) is 0 Å². The van der Waals surface area contributed by atoms with Crippen LogP contribution in [0.1, 0.15) is 54.9 Å². The van der Waals surface area contributed by atoms with Crippen LogP contribution in [0.15, 0.2) is 11.8 Å². The van der Waals surface area contributed by atoms with Crippen molar-refractivity contribution in [2.24, 2.45) is 0 Å². The molecule has 0 heterocycles. The van der Waals surface area contributed by atoms with Gasteiger partial charge in [0.1, 0.15) is 0 Å². The van der Waals surface area contributed by atoms with Gasteiger partial charge in [-0.25, -0.2) is 0 Å². The Morgan fingerprint density at radius 2 is 1.39 bits per heavy atom. The Balaban J connectivity index is 4.54. The van der Waals surface area contributed by atoms with Gasteiger partial charge in [0.05, 0.1) is 8.07 Å². The van der Waals surface area contributed by atoms with E-state index in [1.165, 1.54) is 24.2 Å². The van der Waals surface area contributed by atoms with E-state index in [-0.39, 0.29) is 11.1 Å².